The minimum absolute atomic E-state index is 0.0126. The Labute approximate surface area is 182 Å². The molecule has 29 heavy (non-hydrogen) atoms. The van der Waals surface area contributed by atoms with Crippen LogP contribution in [0.15, 0.2) is 30.3 Å². The molecule has 1 aromatic carbocycles. The lowest BCUT2D eigenvalue weighted by molar-refractivity contribution is -0.128. The molecular weight excluding hydrogens is 429 g/mol. The molecule has 0 unspecified atom stereocenters. The topological polar surface area (TPSA) is 61.4 Å². The number of carbonyl (C=O) groups excluding carboxylic acids is 2. The molecule has 4 aliphatic rings. The van der Waals surface area contributed by atoms with Gasteiger partial charge in [-0.15, -0.1) is 11.3 Å². The number of fused-ring (bicyclic) bond motifs is 3. The summed E-state index contributed by atoms with van der Waals surface area (Å²) in [7, 11) is 0. The third kappa shape index (κ3) is 2.43. The summed E-state index contributed by atoms with van der Waals surface area (Å²) >= 11 is 14.0. The van der Waals surface area contributed by atoms with Gasteiger partial charge in [0.1, 0.15) is 5.54 Å². The number of nitrogens with zero attached hydrogens (tertiary/aromatic N) is 1. The van der Waals surface area contributed by atoms with Gasteiger partial charge in [0.25, 0.3) is 0 Å². The Morgan fingerprint density at radius 2 is 2.00 bits per heavy atom. The van der Waals surface area contributed by atoms with Crippen LogP contribution in [-0.2, 0) is 15.1 Å². The maximum atomic E-state index is 13.8. The van der Waals surface area contributed by atoms with Crippen LogP contribution in [0.3, 0.4) is 0 Å². The van der Waals surface area contributed by atoms with Crippen molar-refractivity contribution in [1.29, 1.82) is 0 Å². The Balaban J connectivity index is 1.62. The van der Waals surface area contributed by atoms with Gasteiger partial charge in [0.15, 0.2) is 0 Å². The third-order valence-electron chi connectivity index (χ3n) is 6.90. The van der Waals surface area contributed by atoms with E-state index in [-0.39, 0.29) is 29.7 Å². The summed E-state index contributed by atoms with van der Waals surface area (Å²) in [5.74, 6) is -0.0212. The molecular formula is C21H19Cl2N3O2S. The van der Waals surface area contributed by atoms with Crippen molar-refractivity contribution in [3.05, 3.63) is 50.1 Å². The van der Waals surface area contributed by atoms with Gasteiger partial charge in [0.2, 0.25) is 11.8 Å². The van der Waals surface area contributed by atoms with E-state index in [2.05, 4.69) is 15.5 Å². The molecule has 2 amide bonds. The number of hydrogen-bond acceptors (Lipinski definition) is 4. The van der Waals surface area contributed by atoms with E-state index in [1.54, 1.807) is 0 Å². The monoisotopic (exact) mass is 447 g/mol. The van der Waals surface area contributed by atoms with Crippen molar-refractivity contribution in [3.63, 3.8) is 0 Å². The van der Waals surface area contributed by atoms with Crippen LogP contribution in [-0.4, -0.2) is 35.8 Å². The second kappa shape index (κ2) is 6.20. The number of amides is 2. The van der Waals surface area contributed by atoms with Crippen LogP contribution in [0.5, 0.6) is 0 Å². The van der Waals surface area contributed by atoms with E-state index in [4.69, 9.17) is 23.2 Å². The highest BCUT2D eigenvalue weighted by Crippen LogP contribution is 2.61. The molecule has 4 heterocycles. The van der Waals surface area contributed by atoms with Gasteiger partial charge in [-0.1, -0.05) is 29.3 Å². The van der Waals surface area contributed by atoms with Crippen molar-refractivity contribution in [2.24, 2.45) is 11.8 Å². The summed E-state index contributed by atoms with van der Waals surface area (Å²) in [4.78, 5) is 30.0. The van der Waals surface area contributed by atoms with Crippen LogP contribution in [0.2, 0.25) is 9.36 Å². The molecule has 1 aliphatic carbocycles. The minimum Gasteiger partial charge on any atom is -0.354 e. The van der Waals surface area contributed by atoms with Crippen molar-refractivity contribution in [2.45, 2.75) is 30.3 Å². The quantitative estimate of drug-likeness (QED) is 0.751. The molecule has 150 valence electrons. The van der Waals surface area contributed by atoms with Crippen LogP contribution >= 0.6 is 34.5 Å². The molecule has 6 rings (SSSR count). The summed E-state index contributed by atoms with van der Waals surface area (Å²) in [6.07, 6.45) is 2.35. The molecule has 2 aromatic rings. The molecule has 1 saturated carbocycles. The maximum Gasteiger partial charge on any atom is 0.250 e. The fourth-order valence-corrected chi connectivity index (χ4v) is 7.07. The van der Waals surface area contributed by atoms with E-state index < -0.39 is 5.54 Å². The third-order valence-corrected chi connectivity index (χ3v) is 8.45. The molecule has 2 N–H and O–H groups in total. The zero-order valence-corrected chi connectivity index (χ0v) is 17.8. The Morgan fingerprint density at radius 3 is 2.72 bits per heavy atom. The second-order valence-electron chi connectivity index (χ2n) is 8.46. The molecule has 3 fully saturated rings. The lowest BCUT2D eigenvalue weighted by Crippen LogP contribution is -2.54. The molecule has 0 bridgehead atoms. The molecule has 1 spiro atoms. The van der Waals surface area contributed by atoms with Crippen LogP contribution in [0.4, 0.5) is 5.69 Å². The first-order valence-corrected chi connectivity index (χ1v) is 11.5. The Morgan fingerprint density at radius 1 is 1.17 bits per heavy atom. The normalized spacial score (nSPS) is 33.1. The van der Waals surface area contributed by atoms with Gasteiger partial charge in [-0.05, 0) is 43.0 Å². The number of anilines is 1. The van der Waals surface area contributed by atoms with Crippen LogP contribution in [0.25, 0.3) is 0 Å². The maximum absolute atomic E-state index is 13.8. The van der Waals surface area contributed by atoms with Gasteiger partial charge in [-0.25, -0.2) is 0 Å². The van der Waals surface area contributed by atoms with Gasteiger partial charge >= 0.3 is 0 Å². The zero-order chi connectivity index (χ0) is 19.9. The predicted octanol–water partition coefficient (Wildman–Crippen LogP) is 3.83. The van der Waals surface area contributed by atoms with Gasteiger partial charge in [-0.3, -0.25) is 14.5 Å². The molecule has 3 aliphatic heterocycles. The van der Waals surface area contributed by atoms with Gasteiger partial charge in [0.05, 0.1) is 10.3 Å². The first-order chi connectivity index (χ1) is 14.0. The van der Waals surface area contributed by atoms with Crippen molar-refractivity contribution >= 4 is 52.0 Å². The van der Waals surface area contributed by atoms with Crippen LogP contribution < -0.4 is 10.6 Å². The number of hydrogen-bond donors (Lipinski definition) is 2. The Kier molecular flexibility index (Phi) is 3.89. The number of halogens is 2. The van der Waals surface area contributed by atoms with Crippen molar-refractivity contribution in [1.82, 2.24) is 10.2 Å². The lowest BCUT2D eigenvalue weighted by atomic mass is 9.74. The lowest BCUT2D eigenvalue weighted by Gasteiger charge is -2.39. The Hall–Kier alpha value is -1.60. The fourth-order valence-electron chi connectivity index (χ4n) is 5.62. The number of thiophene rings is 1. The SMILES string of the molecule is O=C1NC[C@H]2[C@@H]1[C@H](c1ccc(Cl)s1)[C@]1(C(=O)Nc3cc(Cl)ccc31)N2CC1CC1. The minimum atomic E-state index is -0.913. The van der Waals surface area contributed by atoms with Gasteiger partial charge < -0.3 is 10.6 Å². The van der Waals surface area contributed by atoms with Gasteiger partial charge in [0, 0.05) is 46.2 Å². The largest absolute Gasteiger partial charge is 0.354 e. The molecule has 2 saturated heterocycles. The standard InChI is InChI=1S/C21H19Cl2N3O2S/c22-11-3-4-12-13(7-11)25-20(28)21(12)18(15-5-6-16(23)29-15)17-14(8-24-19(17)27)26(21)9-10-1-2-10/h3-7,10,14,17-18H,1-2,8-9H2,(H,24,27)(H,25,28)/t14-,17+,18-,21+/m0/s1. The fraction of sp³-hybridized carbons (Fsp3) is 0.429. The average Bonchev–Trinajstić information content (AvgIpc) is 3.02. The molecule has 4 atom stereocenters. The number of rotatable bonds is 3. The number of nitrogens with one attached hydrogen (secondary N) is 2. The highest BCUT2D eigenvalue weighted by molar-refractivity contribution is 7.16. The zero-order valence-electron chi connectivity index (χ0n) is 15.5. The highest BCUT2D eigenvalue weighted by atomic mass is 35.5. The van der Waals surface area contributed by atoms with E-state index in [9.17, 15) is 9.59 Å². The second-order valence-corrected chi connectivity index (χ2v) is 10.6. The van der Waals surface area contributed by atoms with E-state index in [1.807, 2.05) is 30.3 Å². The molecule has 0 radical (unpaired) electrons. The number of likely N-dealkylation sites (tertiary alicyclic amines) is 1. The van der Waals surface area contributed by atoms with Crippen molar-refractivity contribution in [2.75, 3.05) is 18.4 Å². The highest BCUT2D eigenvalue weighted by Gasteiger charge is 2.70. The summed E-state index contributed by atoms with van der Waals surface area (Å²) in [5.41, 5.74) is 0.754. The number of benzene rings is 1. The summed E-state index contributed by atoms with van der Waals surface area (Å²) < 4.78 is 0.667. The first-order valence-electron chi connectivity index (χ1n) is 9.91. The molecule has 5 nitrogen and oxygen atoms in total. The van der Waals surface area contributed by atoms with Crippen molar-refractivity contribution < 1.29 is 9.59 Å². The van der Waals surface area contributed by atoms with E-state index in [0.29, 0.717) is 21.8 Å². The number of carbonyl (C=O) groups is 2. The Bertz CT molecular complexity index is 1050. The smallest absolute Gasteiger partial charge is 0.250 e. The van der Waals surface area contributed by atoms with Crippen LogP contribution in [0.1, 0.15) is 29.2 Å². The van der Waals surface area contributed by atoms with E-state index >= 15 is 0 Å². The van der Waals surface area contributed by atoms with Crippen LogP contribution in [0, 0.1) is 11.8 Å². The first kappa shape index (κ1) is 18.2. The summed E-state index contributed by atoms with van der Waals surface area (Å²) in [5, 5.41) is 6.71. The predicted molar refractivity (Wildman–Crippen MR) is 114 cm³/mol. The van der Waals surface area contributed by atoms with Gasteiger partial charge in [-0.2, -0.15) is 0 Å². The molecule has 8 heteroatoms. The average molecular weight is 448 g/mol. The molecule has 1 aromatic heterocycles. The summed E-state index contributed by atoms with van der Waals surface area (Å²) in [6.45, 7) is 1.39. The van der Waals surface area contributed by atoms with Crippen molar-refractivity contribution in [3.8, 4) is 0 Å². The summed E-state index contributed by atoms with van der Waals surface area (Å²) in [6, 6.07) is 9.42. The van der Waals surface area contributed by atoms with E-state index in [1.165, 1.54) is 24.2 Å². The van der Waals surface area contributed by atoms with E-state index in [0.717, 1.165) is 22.7 Å².